The maximum atomic E-state index is 13.1. The topological polar surface area (TPSA) is 64.3 Å². The van der Waals surface area contributed by atoms with Crippen molar-refractivity contribution in [3.63, 3.8) is 0 Å². The number of aliphatic hydroxyl groups excluding tert-OH is 1. The number of terminal acetylenes is 1. The van der Waals surface area contributed by atoms with Crippen LogP contribution in [0.1, 0.15) is 37.0 Å². The van der Waals surface area contributed by atoms with E-state index in [1.54, 1.807) is 6.07 Å². The summed E-state index contributed by atoms with van der Waals surface area (Å²) in [6, 6.07) is 22.8. The first kappa shape index (κ1) is 22.3. The maximum absolute atomic E-state index is 13.1. The van der Waals surface area contributed by atoms with E-state index in [1.165, 1.54) is 10.1 Å². The van der Waals surface area contributed by atoms with Crippen LogP contribution >= 0.6 is 0 Å². The van der Waals surface area contributed by atoms with Crippen LogP contribution < -0.4 is 10.4 Å². The van der Waals surface area contributed by atoms with Crippen LogP contribution in [0.5, 0.6) is 5.75 Å². The highest BCUT2D eigenvalue weighted by Gasteiger charge is 2.17. The Balaban J connectivity index is 1.85. The number of aliphatic hydroxyl groups is 1. The molecule has 1 unspecified atom stereocenters. The van der Waals surface area contributed by atoms with E-state index in [4.69, 9.17) is 11.2 Å². The van der Waals surface area contributed by atoms with E-state index >= 15 is 0 Å². The molecule has 0 aliphatic heterocycles. The fourth-order valence-electron chi connectivity index (χ4n) is 3.85. The van der Waals surface area contributed by atoms with Crippen LogP contribution in [0.2, 0.25) is 0 Å². The normalized spacial score (nSPS) is 12.0. The average Bonchev–Trinajstić information content (AvgIpc) is 2.84. The summed E-state index contributed by atoms with van der Waals surface area (Å²) in [5, 5.41) is 11.5. The van der Waals surface area contributed by atoms with Crippen LogP contribution in [0.15, 0.2) is 77.6 Å². The van der Waals surface area contributed by atoms with E-state index in [9.17, 15) is 9.90 Å². The van der Waals surface area contributed by atoms with E-state index in [0.717, 1.165) is 16.5 Å². The van der Waals surface area contributed by atoms with Crippen LogP contribution in [-0.4, -0.2) is 21.3 Å². The van der Waals surface area contributed by atoms with Gasteiger partial charge in [0.15, 0.2) is 0 Å². The predicted molar refractivity (Wildman–Crippen MR) is 131 cm³/mol. The first-order valence-corrected chi connectivity index (χ1v) is 10.9. The summed E-state index contributed by atoms with van der Waals surface area (Å²) in [5.74, 6) is 3.46. The quantitative estimate of drug-likeness (QED) is 0.416. The minimum atomic E-state index is -0.845. The molecule has 0 radical (unpaired) electrons. The summed E-state index contributed by atoms with van der Waals surface area (Å²) < 4.78 is 7.13. The van der Waals surface area contributed by atoms with Gasteiger partial charge < -0.3 is 9.84 Å². The van der Waals surface area contributed by atoms with Gasteiger partial charge in [-0.15, -0.1) is 6.42 Å². The lowest BCUT2D eigenvalue weighted by Gasteiger charge is -2.17. The number of aromatic nitrogens is 2. The fraction of sp³-hybridized carbons (Fsp3) is 0.214. The standard InChI is InChI=1S/C28H26N2O3/c1-4-16-33-23-14-15-25-24(17-23)27(22-12-10-20(11-13-22)19(2)3)29-28(32)30(25)18-26(31)21-8-6-5-7-9-21/h1,5-15,17,19,26,31H,16,18H2,2-3H3. The predicted octanol–water partition coefficient (Wildman–Crippen LogP) is 4.93. The number of hydrogen-bond acceptors (Lipinski definition) is 4. The molecule has 0 bridgehead atoms. The Morgan fingerprint density at radius 2 is 1.76 bits per heavy atom. The largest absolute Gasteiger partial charge is 0.481 e. The molecule has 5 heteroatoms. The fourth-order valence-corrected chi connectivity index (χ4v) is 3.85. The number of rotatable bonds is 7. The van der Waals surface area contributed by atoms with Crippen LogP contribution in [0.4, 0.5) is 0 Å². The van der Waals surface area contributed by atoms with Crippen LogP contribution in [-0.2, 0) is 6.54 Å². The second kappa shape index (κ2) is 9.72. The molecule has 0 saturated carbocycles. The molecule has 1 N–H and O–H groups in total. The van der Waals surface area contributed by atoms with E-state index in [1.807, 2.05) is 54.6 Å². The molecule has 3 aromatic carbocycles. The van der Waals surface area contributed by atoms with Gasteiger partial charge in [-0.25, -0.2) is 4.79 Å². The Morgan fingerprint density at radius 3 is 2.42 bits per heavy atom. The average molecular weight is 439 g/mol. The highest BCUT2D eigenvalue weighted by Crippen LogP contribution is 2.30. The smallest absolute Gasteiger partial charge is 0.348 e. The van der Waals surface area contributed by atoms with Gasteiger partial charge in [-0.3, -0.25) is 4.57 Å². The highest BCUT2D eigenvalue weighted by molar-refractivity contribution is 5.93. The molecule has 0 aliphatic carbocycles. The van der Waals surface area contributed by atoms with Crippen molar-refractivity contribution in [3.05, 3.63) is 94.4 Å². The Labute approximate surface area is 193 Å². The van der Waals surface area contributed by atoms with Crippen molar-refractivity contribution in [1.29, 1.82) is 0 Å². The lowest BCUT2D eigenvalue weighted by molar-refractivity contribution is 0.156. The van der Waals surface area contributed by atoms with Gasteiger partial charge in [0, 0.05) is 10.9 Å². The molecule has 1 aromatic heterocycles. The molecule has 0 fully saturated rings. The number of fused-ring (bicyclic) bond motifs is 1. The number of hydrogen-bond donors (Lipinski definition) is 1. The van der Waals surface area contributed by atoms with Gasteiger partial charge in [-0.2, -0.15) is 4.98 Å². The number of ether oxygens (including phenoxy) is 1. The lowest BCUT2D eigenvalue weighted by atomic mass is 9.99. The number of nitrogens with zero attached hydrogens (tertiary/aromatic N) is 2. The van der Waals surface area contributed by atoms with Crippen molar-refractivity contribution in [1.82, 2.24) is 9.55 Å². The molecule has 1 atom stereocenters. The molecule has 33 heavy (non-hydrogen) atoms. The zero-order chi connectivity index (χ0) is 23.4. The van der Waals surface area contributed by atoms with Crippen molar-refractivity contribution in [2.24, 2.45) is 0 Å². The molecule has 5 nitrogen and oxygen atoms in total. The van der Waals surface area contributed by atoms with E-state index < -0.39 is 11.8 Å². The first-order valence-electron chi connectivity index (χ1n) is 10.9. The SMILES string of the molecule is C#CCOc1ccc2c(c1)c(-c1ccc(C(C)C)cc1)nc(=O)n2CC(O)c1ccccc1. The molecular weight excluding hydrogens is 412 g/mol. The summed E-state index contributed by atoms with van der Waals surface area (Å²) >= 11 is 0. The molecule has 0 saturated heterocycles. The minimum Gasteiger partial charge on any atom is -0.481 e. The van der Waals surface area contributed by atoms with Gasteiger partial charge in [-0.1, -0.05) is 74.4 Å². The summed E-state index contributed by atoms with van der Waals surface area (Å²) in [4.78, 5) is 17.5. The van der Waals surface area contributed by atoms with Crippen molar-refractivity contribution in [3.8, 4) is 29.4 Å². The van der Waals surface area contributed by atoms with E-state index in [0.29, 0.717) is 22.9 Å². The third-order valence-corrected chi connectivity index (χ3v) is 5.67. The molecule has 1 heterocycles. The van der Waals surface area contributed by atoms with Crippen molar-refractivity contribution >= 4 is 10.9 Å². The molecule has 0 amide bonds. The summed E-state index contributed by atoms with van der Waals surface area (Å²) in [7, 11) is 0. The minimum absolute atomic E-state index is 0.0868. The monoisotopic (exact) mass is 438 g/mol. The van der Waals surface area contributed by atoms with Gasteiger partial charge in [0.25, 0.3) is 0 Å². The summed E-state index contributed by atoms with van der Waals surface area (Å²) in [6.45, 7) is 4.50. The Bertz CT molecular complexity index is 1350. The zero-order valence-electron chi connectivity index (χ0n) is 18.7. The lowest BCUT2D eigenvalue weighted by Crippen LogP contribution is -2.26. The van der Waals surface area contributed by atoms with Crippen LogP contribution in [0.25, 0.3) is 22.2 Å². The van der Waals surface area contributed by atoms with Crippen LogP contribution in [0.3, 0.4) is 0 Å². The Kier molecular flexibility index (Phi) is 6.58. The van der Waals surface area contributed by atoms with Gasteiger partial charge in [0.05, 0.1) is 23.9 Å². The van der Waals surface area contributed by atoms with Crippen molar-refractivity contribution < 1.29 is 9.84 Å². The van der Waals surface area contributed by atoms with Gasteiger partial charge in [0.2, 0.25) is 0 Å². The van der Waals surface area contributed by atoms with Crippen molar-refractivity contribution in [2.75, 3.05) is 6.61 Å². The molecule has 0 spiro atoms. The zero-order valence-corrected chi connectivity index (χ0v) is 18.7. The molecular formula is C28H26N2O3. The number of benzene rings is 3. The highest BCUT2D eigenvalue weighted by atomic mass is 16.5. The van der Waals surface area contributed by atoms with Gasteiger partial charge in [-0.05, 0) is 35.2 Å². The molecule has 4 aromatic rings. The van der Waals surface area contributed by atoms with Crippen molar-refractivity contribution in [2.45, 2.75) is 32.4 Å². The third kappa shape index (κ3) is 4.82. The molecule has 0 aliphatic rings. The summed E-state index contributed by atoms with van der Waals surface area (Å²) in [6.07, 6.45) is 4.50. The molecule has 166 valence electrons. The second-order valence-electron chi connectivity index (χ2n) is 8.23. The van der Waals surface area contributed by atoms with Crippen LogP contribution in [0, 0.1) is 12.3 Å². The van der Waals surface area contributed by atoms with E-state index in [-0.39, 0.29) is 13.2 Å². The first-order chi connectivity index (χ1) is 16.0. The van der Waals surface area contributed by atoms with Gasteiger partial charge in [0.1, 0.15) is 12.4 Å². The summed E-state index contributed by atoms with van der Waals surface area (Å²) in [5.41, 5.74) is 3.60. The third-order valence-electron chi connectivity index (χ3n) is 5.67. The maximum Gasteiger partial charge on any atom is 0.348 e. The Morgan fingerprint density at radius 1 is 1.03 bits per heavy atom. The molecule has 4 rings (SSSR count). The van der Waals surface area contributed by atoms with E-state index in [2.05, 4.69) is 36.9 Å². The Hall–Kier alpha value is -3.88. The second-order valence-corrected chi connectivity index (χ2v) is 8.23. The van der Waals surface area contributed by atoms with Gasteiger partial charge >= 0.3 is 5.69 Å².